The Hall–Kier alpha value is -0.110. The summed E-state index contributed by atoms with van der Waals surface area (Å²) in [5.41, 5.74) is 0. The van der Waals surface area contributed by atoms with Crippen LogP contribution in [-0.2, 0) is 0 Å². The molecule has 0 saturated carbocycles. The number of hydrogen-bond acceptors (Lipinski definition) is 1. The summed E-state index contributed by atoms with van der Waals surface area (Å²) < 4.78 is 11.3. The lowest BCUT2D eigenvalue weighted by molar-refractivity contribution is 0.431. The first-order valence-electron chi connectivity index (χ1n) is 1.87. The molecule has 0 aliphatic rings. The Labute approximate surface area is 37.5 Å². The molecule has 2 heteroatoms. The molecule has 0 spiro atoms. The summed E-state index contributed by atoms with van der Waals surface area (Å²) in [6, 6.07) is -0.231. The molecule has 0 amide bonds. The van der Waals surface area contributed by atoms with Crippen molar-refractivity contribution in [3.63, 3.8) is 0 Å². The minimum Gasteiger partial charge on any atom is -0.314 e. The third-order valence-corrected chi connectivity index (χ3v) is 0.595. The molecule has 1 radical (unpaired) electrons. The van der Waals surface area contributed by atoms with Crippen molar-refractivity contribution >= 4 is 0 Å². The Kier molecular flexibility index (Phi) is 3.04. The van der Waals surface area contributed by atoms with Gasteiger partial charge in [0, 0.05) is 6.04 Å². The van der Waals surface area contributed by atoms with E-state index in [0.29, 0.717) is 0 Å². The van der Waals surface area contributed by atoms with Gasteiger partial charge in [-0.1, -0.05) is 0 Å². The second-order valence-electron chi connectivity index (χ2n) is 1.14. The van der Waals surface area contributed by atoms with E-state index < -0.39 is 6.67 Å². The van der Waals surface area contributed by atoms with Crippen LogP contribution >= 0.6 is 0 Å². The lowest BCUT2D eigenvalue weighted by atomic mass is 10.4. The Morgan fingerprint density at radius 1 is 2.00 bits per heavy atom. The molecular weight excluding hydrogens is 81.0 g/mol. The zero-order chi connectivity index (χ0) is 4.99. The number of rotatable bonds is 2. The van der Waals surface area contributed by atoms with E-state index in [-0.39, 0.29) is 6.04 Å². The van der Waals surface area contributed by atoms with Crippen LogP contribution in [0.4, 0.5) is 4.39 Å². The summed E-state index contributed by atoms with van der Waals surface area (Å²) in [7, 11) is 1.68. The summed E-state index contributed by atoms with van der Waals surface area (Å²) >= 11 is 0. The summed E-state index contributed by atoms with van der Waals surface area (Å²) in [6.07, 6.45) is 0. The highest BCUT2D eigenvalue weighted by Crippen LogP contribution is 1.75. The normalized spacial score (nSPS) is 14.5. The smallest absolute Gasteiger partial charge is 0.105 e. The van der Waals surface area contributed by atoms with Crippen LogP contribution in [-0.4, -0.2) is 19.8 Å². The van der Waals surface area contributed by atoms with Crippen LogP contribution in [0.5, 0.6) is 0 Å². The van der Waals surface area contributed by atoms with Crippen molar-refractivity contribution in [3.05, 3.63) is 6.92 Å². The monoisotopic (exact) mass is 90.1 g/mol. The highest BCUT2D eigenvalue weighted by atomic mass is 19.1. The fraction of sp³-hybridized carbons (Fsp3) is 0.750. The van der Waals surface area contributed by atoms with Crippen LogP contribution in [0.2, 0.25) is 0 Å². The van der Waals surface area contributed by atoms with E-state index in [9.17, 15) is 4.39 Å². The second-order valence-corrected chi connectivity index (χ2v) is 1.14. The van der Waals surface area contributed by atoms with Crippen LogP contribution in [0.15, 0.2) is 0 Å². The molecule has 0 bridgehead atoms. The first-order chi connectivity index (χ1) is 2.81. The van der Waals surface area contributed by atoms with Gasteiger partial charge in [0.1, 0.15) is 6.67 Å². The Bertz CT molecular complexity index is 26.7. The van der Waals surface area contributed by atoms with E-state index in [4.69, 9.17) is 0 Å². The molecule has 0 heterocycles. The van der Waals surface area contributed by atoms with Crippen molar-refractivity contribution in [2.45, 2.75) is 6.04 Å². The first kappa shape index (κ1) is 5.89. The van der Waals surface area contributed by atoms with E-state index in [0.717, 1.165) is 0 Å². The van der Waals surface area contributed by atoms with Crippen LogP contribution in [0.25, 0.3) is 0 Å². The van der Waals surface area contributed by atoms with Gasteiger partial charge in [-0.05, 0) is 14.0 Å². The van der Waals surface area contributed by atoms with E-state index in [1.165, 1.54) is 0 Å². The lowest BCUT2D eigenvalue weighted by Gasteiger charge is -1.99. The van der Waals surface area contributed by atoms with Crippen molar-refractivity contribution in [2.75, 3.05) is 13.7 Å². The molecule has 0 aliphatic heterocycles. The average Bonchev–Trinajstić information content (AvgIpc) is 1.65. The van der Waals surface area contributed by atoms with Crippen molar-refractivity contribution < 1.29 is 4.39 Å². The maximum Gasteiger partial charge on any atom is 0.105 e. The third kappa shape index (κ3) is 2.15. The van der Waals surface area contributed by atoms with Gasteiger partial charge >= 0.3 is 0 Å². The predicted molar refractivity (Wildman–Crippen MR) is 24.2 cm³/mol. The van der Waals surface area contributed by atoms with Gasteiger partial charge in [-0.15, -0.1) is 0 Å². The molecule has 0 aromatic carbocycles. The van der Waals surface area contributed by atoms with Gasteiger partial charge in [-0.2, -0.15) is 0 Å². The molecule has 1 N–H and O–H groups in total. The molecule has 37 valence electrons. The predicted octanol–water partition coefficient (Wildman–Crippen LogP) is 0.378. The van der Waals surface area contributed by atoms with Crippen LogP contribution < -0.4 is 5.32 Å². The maximum absolute atomic E-state index is 11.3. The largest absolute Gasteiger partial charge is 0.314 e. The maximum atomic E-state index is 11.3. The summed E-state index contributed by atoms with van der Waals surface area (Å²) in [5.74, 6) is 0. The highest BCUT2D eigenvalue weighted by molar-refractivity contribution is 4.62. The zero-order valence-electron chi connectivity index (χ0n) is 3.87. The number of halogens is 1. The minimum atomic E-state index is -0.392. The fourth-order valence-corrected chi connectivity index (χ4v) is 0.0772. The summed E-state index contributed by atoms with van der Waals surface area (Å²) in [4.78, 5) is 0. The van der Waals surface area contributed by atoms with Gasteiger partial charge in [-0.25, -0.2) is 4.39 Å². The summed E-state index contributed by atoms with van der Waals surface area (Å²) in [6.45, 7) is 3.00. The molecule has 0 saturated heterocycles. The molecule has 0 fully saturated rings. The molecule has 1 nitrogen and oxygen atoms in total. The molecular formula is C4H9FN. The lowest BCUT2D eigenvalue weighted by Crippen LogP contribution is -2.22. The molecule has 0 aromatic heterocycles. The van der Waals surface area contributed by atoms with Gasteiger partial charge in [0.05, 0.1) is 0 Å². The molecule has 1 unspecified atom stereocenters. The SMILES string of the molecule is [CH2]C(CF)NC. The summed E-state index contributed by atoms with van der Waals surface area (Å²) in [5, 5.41) is 2.63. The van der Waals surface area contributed by atoms with E-state index >= 15 is 0 Å². The molecule has 0 aromatic rings. The Balaban J connectivity index is 2.75. The molecule has 1 atom stereocenters. The Morgan fingerprint density at radius 3 is 2.50 bits per heavy atom. The van der Waals surface area contributed by atoms with Gasteiger partial charge in [0.25, 0.3) is 0 Å². The first-order valence-corrected chi connectivity index (χ1v) is 1.87. The Morgan fingerprint density at radius 2 is 2.50 bits per heavy atom. The number of nitrogens with one attached hydrogen (secondary N) is 1. The second kappa shape index (κ2) is 3.09. The molecule has 0 aliphatic carbocycles. The highest BCUT2D eigenvalue weighted by Gasteiger charge is 1.90. The number of alkyl halides is 1. The van der Waals surface area contributed by atoms with Gasteiger partial charge in [0.2, 0.25) is 0 Å². The van der Waals surface area contributed by atoms with Gasteiger partial charge in [0.15, 0.2) is 0 Å². The fourth-order valence-electron chi connectivity index (χ4n) is 0.0772. The third-order valence-electron chi connectivity index (χ3n) is 0.595. The quantitative estimate of drug-likeness (QED) is 0.516. The van der Waals surface area contributed by atoms with Crippen molar-refractivity contribution in [2.24, 2.45) is 0 Å². The van der Waals surface area contributed by atoms with Crippen molar-refractivity contribution in [1.29, 1.82) is 0 Å². The topological polar surface area (TPSA) is 12.0 Å². The number of hydrogen-bond donors (Lipinski definition) is 1. The molecule has 0 rings (SSSR count). The standard InChI is InChI=1S/C4H9FN/c1-4(3-5)6-2/h4,6H,1,3H2,2H3. The van der Waals surface area contributed by atoms with Crippen LogP contribution in [0, 0.1) is 6.92 Å². The van der Waals surface area contributed by atoms with E-state index in [2.05, 4.69) is 12.2 Å². The van der Waals surface area contributed by atoms with E-state index in [1.54, 1.807) is 7.05 Å². The minimum absolute atomic E-state index is 0.231. The van der Waals surface area contributed by atoms with Crippen LogP contribution in [0.1, 0.15) is 0 Å². The zero-order valence-corrected chi connectivity index (χ0v) is 3.87. The van der Waals surface area contributed by atoms with Gasteiger partial charge in [-0.3, -0.25) is 0 Å². The molecule has 6 heavy (non-hydrogen) atoms. The van der Waals surface area contributed by atoms with Crippen molar-refractivity contribution in [3.8, 4) is 0 Å². The average molecular weight is 90.1 g/mol. The van der Waals surface area contributed by atoms with Crippen molar-refractivity contribution in [1.82, 2.24) is 5.32 Å². The van der Waals surface area contributed by atoms with E-state index in [1.807, 2.05) is 0 Å². The van der Waals surface area contributed by atoms with Crippen LogP contribution in [0.3, 0.4) is 0 Å². The van der Waals surface area contributed by atoms with Gasteiger partial charge < -0.3 is 5.32 Å².